The molecule has 0 spiro atoms. The molecule has 204 valence electrons. The fraction of sp³-hybridized carbons (Fsp3) is 0.967. The van der Waals surface area contributed by atoms with Gasteiger partial charge in [0, 0.05) is 25.1 Å². The first kappa shape index (κ1) is 33.4. The second kappa shape index (κ2) is 24.1. The van der Waals surface area contributed by atoms with Crippen LogP contribution in [0.1, 0.15) is 169 Å². The number of unbranched alkanes of at least 4 members (excludes halogenated alkanes) is 18. The van der Waals surface area contributed by atoms with Crippen LogP contribution in [0.5, 0.6) is 0 Å². The van der Waals surface area contributed by atoms with Gasteiger partial charge >= 0.3 is 0 Å². The molecule has 0 aromatic rings. The molecule has 0 aromatic carbocycles. The summed E-state index contributed by atoms with van der Waals surface area (Å²) in [6, 6.07) is 0. The number of amides is 1. The number of hydrogen-bond acceptors (Lipinski definition) is 3. The Morgan fingerprint density at radius 3 is 1.38 bits per heavy atom. The van der Waals surface area contributed by atoms with E-state index in [2.05, 4.69) is 33.1 Å². The lowest BCUT2D eigenvalue weighted by Crippen LogP contribution is -2.54. The minimum atomic E-state index is -0.214. The maximum absolute atomic E-state index is 12.3. The third-order valence-corrected chi connectivity index (χ3v) is 7.17. The molecular weight excluding hydrogens is 420 g/mol. The fourth-order valence-electron chi connectivity index (χ4n) is 4.71. The van der Waals surface area contributed by atoms with Crippen molar-refractivity contribution in [2.45, 2.75) is 174 Å². The van der Waals surface area contributed by atoms with E-state index < -0.39 is 0 Å². The Labute approximate surface area is 214 Å². The molecule has 0 unspecified atom stereocenters. The van der Waals surface area contributed by atoms with Crippen molar-refractivity contribution in [2.75, 3.05) is 13.2 Å². The van der Waals surface area contributed by atoms with Crippen LogP contribution < -0.4 is 5.43 Å². The zero-order valence-corrected chi connectivity index (χ0v) is 23.8. The Balaban J connectivity index is 3.46. The van der Waals surface area contributed by atoms with Crippen LogP contribution in [0.15, 0.2) is 0 Å². The number of carbonyl (C=O) groups excluding carboxylic acids is 1. The molecule has 0 saturated heterocycles. The molecule has 0 aliphatic carbocycles. The molecule has 0 aliphatic rings. The van der Waals surface area contributed by atoms with Crippen LogP contribution in [0, 0.1) is 0 Å². The Bertz CT molecular complexity index is 440. The highest BCUT2D eigenvalue weighted by Crippen LogP contribution is 2.18. The van der Waals surface area contributed by atoms with Gasteiger partial charge in [0.15, 0.2) is 0 Å². The van der Waals surface area contributed by atoms with Crippen molar-refractivity contribution < 1.29 is 9.90 Å². The SMILES string of the molecule is CCCCCCCCCCCCCCCCCCCCCC(=O)NN(CCC)C(C)(C)CCO. The molecule has 0 bridgehead atoms. The summed E-state index contributed by atoms with van der Waals surface area (Å²) in [4.78, 5) is 12.3. The van der Waals surface area contributed by atoms with Gasteiger partial charge in [0.2, 0.25) is 5.91 Å². The fourth-order valence-corrected chi connectivity index (χ4v) is 4.71. The molecule has 0 heterocycles. The lowest BCUT2D eigenvalue weighted by molar-refractivity contribution is -0.129. The Morgan fingerprint density at radius 2 is 1.03 bits per heavy atom. The Kier molecular flexibility index (Phi) is 23.7. The van der Waals surface area contributed by atoms with E-state index >= 15 is 0 Å². The molecule has 0 atom stereocenters. The van der Waals surface area contributed by atoms with Crippen LogP contribution in [0.2, 0.25) is 0 Å². The van der Waals surface area contributed by atoms with E-state index in [0.29, 0.717) is 12.8 Å². The summed E-state index contributed by atoms with van der Waals surface area (Å²) in [7, 11) is 0. The van der Waals surface area contributed by atoms with Gasteiger partial charge in [-0.05, 0) is 33.1 Å². The largest absolute Gasteiger partial charge is 0.396 e. The Hall–Kier alpha value is -0.610. The molecule has 0 rings (SSSR count). The van der Waals surface area contributed by atoms with Gasteiger partial charge in [-0.2, -0.15) is 0 Å². The molecule has 0 aromatic heterocycles. The molecule has 4 nitrogen and oxygen atoms in total. The Morgan fingerprint density at radius 1 is 0.647 bits per heavy atom. The maximum atomic E-state index is 12.3. The van der Waals surface area contributed by atoms with Crippen LogP contribution in [0.4, 0.5) is 0 Å². The molecule has 0 aliphatic heterocycles. The van der Waals surface area contributed by atoms with E-state index in [9.17, 15) is 9.90 Å². The van der Waals surface area contributed by atoms with Gasteiger partial charge < -0.3 is 5.11 Å². The summed E-state index contributed by atoms with van der Waals surface area (Å²) in [5.74, 6) is 0.117. The molecule has 2 N–H and O–H groups in total. The molecule has 4 heteroatoms. The second-order valence-electron chi connectivity index (χ2n) is 11.1. The van der Waals surface area contributed by atoms with E-state index in [1.807, 2.05) is 5.01 Å². The van der Waals surface area contributed by atoms with E-state index in [0.717, 1.165) is 25.8 Å². The van der Waals surface area contributed by atoms with Gasteiger partial charge in [-0.15, -0.1) is 0 Å². The lowest BCUT2D eigenvalue weighted by atomic mass is 10.00. The van der Waals surface area contributed by atoms with Crippen molar-refractivity contribution in [1.82, 2.24) is 10.4 Å². The third kappa shape index (κ3) is 20.7. The maximum Gasteiger partial charge on any atom is 0.234 e. The van der Waals surface area contributed by atoms with Crippen LogP contribution in [0.25, 0.3) is 0 Å². The van der Waals surface area contributed by atoms with Gasteiger partial charge in [0.1, 0.15) is 0 Å². The number of hydrazine groups is 1. The zero-order chi connectivity index (χ0) is 25.3. The standard InChI is InChI=1S/C30H62N2O2/c1-5-7-8-9-10-11-12-13-14-15-16-17-18-19-20-21-22-23-24-25-29(34)31-32(27-6-2)30(3,4)26-28-33/h33H,5-28H2,1-4H3,(H,31,34). The van der Waals surface area contributed by atoms with Crippen molar-refractivity contribution in [1.29, 1.82) is 0 Å². The lowest BCUT2D eigenvalue weighted by Gasteiger charge is -2.38. The summed E-state index contributed by atoms with van der Waals surface area (Å²) < 4.78 is 0. The first-order valence-corrected chi connectivity index (χ1v) is 15.2. The van der Waals surface area contributed by atoms with Crippen molar-refractivity contribution in [2.24, 2.45) is 0 Å². The highest BCUT2D eigenvalue weighted by molar-refractivity contribution is 5.75. The van der Waals surface area contributed by atoms with Gasteiger partial charge in [-0.3, -0.25) is 10.2 Å². The molecule has 0 fully saturated rings. The number of rotatable bonds is 26. The number of nitrogens with one attached hydrogen (secondary N) is 1. The quantitative estimate of drug-likeness (QED) is 0.0957. The minimum absolute atomic E-state index is 0.117. The average molecular weight is 483 g/mol. The number of carbonyl (C=O) groups is 1. The smallest absolute Gasteiger partial charge is 0.234 e. The minimum Gasteiger partial charge on any atom is -0.396 e. The first-order valence-electron chi connectivity index (χ1n) is 15.2. The van der Waals surface area contributed by atoms with Crippen molar-refractivity contribution in [3.05, 3.63) is 0 Å². The van der Waals surface area contributed by atoms with E-state index in [1.54, 1.807) is 0 Å². The number of aliphatic hydroxyl groups is 1. The molecule has 34 heavy (non-hydrogen) atoms. The normalized spacial score (nSPS) is 11.9. The van der Waals surface area contributed by atoms with Crippen molar-refractivity contribution >= 4 is 5.91 Å². The second-order valence-corrected chi connectivity index (χ2v) is 11.1. The molecular formula is C30H62N2O2. The van der Waals surface area contributed by atoms with Gasteiger partial charge in [-0.25, -0.2) is 5.01 Å². The van der Waals surface area contributed by atoms with E-state index in [1.165, 1.54) is 109 Å². The number of aliphatic hydroxyl groups excluding tert-OH is 1. The number of nitrogens with zero attached hydrogens (tertiary/aromatic N) is 1. The van der Waals surface area contributed by atoms with Gasteiger partial charge in [0.25, 0.3) is 0 Å². The zero-order valence-electron chi connectivity index (χ0n) is 23.8. The predicted molar refractivity (Wildman–Crippen MR) is 149 cm³/mol. The first-order chi connectivity index (χ1) is 16.5. The van der Waals surface area contributed by atoms with E-state index in [-0.39, 0.29) is 18.1 Å². The topological polar surface area (TPSA) is 52.6 Å². The molecule has 0 radical (unpaired) electrons. The molecule has 0 saturated carbocycles. The van der Waals surface area contributed by atoms with Gasteiger partial charge in [-0.1, -0.05) is 129 Å². The van der Waals surface area contributed by atoms with Crippen LogP contribution in [0.3, 0.4) is 0 Å². The third-order valence-electron chi connectivity index (χ3n) is 7.17. The molecule has 1 amide bonds. The highest BCUT2D eigenvalue weighted by atomic mass is 16.3. The number of hydrogen-bond donors (Lipinski definition) is 2. The monoisotopic (exact) mass is 482 g/mol. The van der Waals surface area contributed by atoms with Crippen molar-refractivity contribution in [3.8, 4) is 0 Å². The summed E-state index contributed by atoms with van der Waals surface area (Å²) >= 11 is 0. The van der Waals surface area contributed by atoms with Crippen LogP contribution >= 0.6 is 0 Å². The predicted octanol–water partition coefficient (Wildman–Crippen LogP) is 8.71. The average Bonchev–Trinajstić information content (AvgIpc) is 2.80. The van der Waals surface area contributed by atoms with Crippen LogP contribution in [-0.2, 0) is 4.79 Å². The van der Waals surface area contributed by atoms with E-state index in [4.69, 9.17) is 0 Å². The summed E-state index contributed by atoms with van der Waals surface area (Å²) in [5, 5.41) is 11.3. The summed E-state index contributed by atoms with van der Waals surface area (Å²) in [6.45, 7) is 9.52. The van der Waals surface area contributed by atoms with Crippen LogP contribution in [-0.4, -0.2) is 34.7 Å². The van der Waals surface area contributed by atoms with Gasteiger partial charge in [0.05, 0.1) is 0 Å². The highest BCUT2D eigenvalue weighted by Gasteiger charge is 2.26. The summed E-state index contributed by atoms with van der Waals surface area (Å²) in [5.41, 5.74) is 2.87. The summed E-state index contributed by atoms with van der Waals surface area (Å²) in [6.07, 6.45) is 28.3. The van der Waals surface area contributed by atoms with Crippen molar-refractivity contribution in [3.63, 3.8) is 0 Å².